The van der Waals surface area contributed by atoms with E-state index in [-0.39, 0.29) is 24.0 Å². The second kappa shape index (κ2) is 16.4. The molecule has 0 fully saturated rings. The van der Waals surface area contributed by atoms with E-state index in [1.807, 2.05) is 19.1 Å². The standard InChI is InChI=1S/C19H33N3O2.HI/c1-4-20-19(21-13-6-7-15-24-5-2)22-14-9-11-17-10-8-12-18(16-17)23-3;/h8,10,12,16H,4-7,9,11,13-15H2,1-3H3,(H2,20,21,22);1H. The van der Waals surface area contributed by atoms with E-state index in [1.54, 1.807) is 7.11 Å². The molecule has 0 amide bonds. The summed E-state index contributed by atoms with van der Waals surface area (Å²) in [6.45, 7) is 8.36. The number of ether oxygens (including phenoxy) is 2. The molecule has 0 saturated carbocycles. The number of aryl methyl sites for hydroxylation is 1. The van der Waals surface area contributed by atoms with Crippen molar-refractivity contribution in [2.45, 2.75) is 39.5 Å². The lowest BCUT2D eigenvalue weighted by molar-refractivity contribution is 0.143. The Morgan fingerprint density at radius 3 is 2.68 bits per heavy atom. The Kier molecular flexibility index (Phi) is 15.8. The second-order valence-corrected chi connectivity index (χ2v) is 5.55. The molecule has 0 aliphatic heterocycles. The highest BCUT2D eigenvalue weighted by molar-refractivity contribution is 14.0. The fraction of sp³-hybridized carbons (Fsp3) is 0.632. The smallest absolute Gasteiger partial charge is 0.191 e. The molecule has 1 aromatic rings. The lowest BCUT2D eigenvalue weighted by Gasteiger charge is -2.11. The van der Waals surface area contributed by atoms with Crippen molar-refractivity contribution in [2.75, 3.05) is 40.0 Å². The maximum atomic E-state index is 5.34. The molecular weight excluding hydrogens is 429 g/mol. The van der Waals surface area contributed by atoms with E-state index < -0.39 is 0 Å². The quantitative estimate of drug-likeness (QED) is 0.215. The highest BCUT2D eigenvalue weighted by Crippen LogP contribution is 2.13. The molecular formula is C19H34IN3O2. The number of hydrogen-bond acceptors (Lipinski definition) is 3. The number of aliphatic imine (C=N–C) groups is 1. The van der Waals surface area contributed by atoms with E-state index in [2.05, 4.69) is 34.7 Å². The Labute approximate surface area is 170 Å². The van der Waals surface area contributed by atoms with E-state index in [4.69, 9.17) is 9.47 Å². The van der Waals surface area contributed by atoms with Crippen molar-refractivity contribution in [3.8, 4) is 5.75 Å². The van der Waals surface area contributed by atoms with Gasteiger partial charge >= 0.3 is 0 Å². The van der Waals surface area contributed by atoms with Crippen molar-refractivity contribution in [3.63, 3.8) is 0 Å². The van der Waals surface area contributed by atoms with Crippen LogP contribution in [0.1, 0.15) is 38.7 Å². The number of hydrogen-bond donors (Lipinski definition) is 2. The number of nitrogens with one attached hydrogen (secondary N) is 2. The van der Waals surface area contributed by atoms with Crippen LogP contribution in [0.15, 0.2) is 29.3 Å². The number of unbranched alkanes of at least 4 members (excludes halogenated alkanes) is 1. The largest absolute Gasteiger partial charge is 0.497 e. The predicted octanol–water partition coefficient (Wildman–Crippen LogP) is 3.62. The number of methoxy groups -OCH3 is 1. The first kappa shape index (κ1) is 24.0. The second-order valence-electron chi connectivity index (χ2n) is 5.55. The van der Waals surface area contributed by atoms with E-state index >= 15 is 0 Å². The Morgan fingerprint density at radius 2 is 1.96 bits per heavy atom. The Bertz CT molecular complexity index is 470. The number of rotatable bonds is 12. The van der Waals surface area contributed by atoms with Crippen LogP contribution in [0.5, 0.6) is 5.75 Å². The van der Waals surface area contributed by atoms with Crippen LogP contribution in [-0.2, 0) is 11.2 Å². The minimum Gasteiger partial charge on any atom is -0.497 e. The first-order valence-electron chi connectivity index (χ1n) is 9.03. The monoisotopic (exact) mass is 463 g/mol. The van der Waals surface area contributed by atoms with Crippen LogP contribution < -0.4 is 15.4 Å². The highest BCUT2D eigenvalue weighted by atomic mass is 127. The van der Waals surface area contributed by atoms with Gasteiger partial charge in [-0.05, 0) is 57.2 Å². The summed E-state index contributed by atoms with van der Waals surface area (Å²) >= 11 is 0. The molecule has 2 N–H and O–H groups in total. The Morgan fingerprint density at radius 1 is 1.12 bits per heavy atom. The van der Waals surface area contributed by atoms with E-state index in [0.29, 0.717) is 0 Å². The minimum atomic E-state index is 0. The van der Waals surface area contributed by atoms with E-state index in [0.717, 1.165) is 70.2 Å². The van der Waals surface area contributed by atoms with Gasteiger partial charge in [0.1, 0.15) is 5.75 Å². The summed E-state index contributed by atoms with van der Waals surface area (Å²) in [6, 6.07) is 8.23. The summed E-state index contributed by atoms with van der Waals surface area (Å²) in [5.41, 5.74) is 1.29. The van der Waals surface area contributed by atoms with Gasteiger partial charge in [-0.2, -0.15) is 0 Å². The molecule has 1 rings (SSSR count). The van der Waals surface area contributed by atoms with E-state index in [9.17, 15) is 0 Å². The zero-order chi connectivity index (χ0) is 17.5. The zero-order valence-corrected chi connectivity index (χ0v) is 18.2. The number of benzene rings is 1. The SMILES string of the molecule is CCNC(=NCCCc1cccc(OC)c1)NCCCCOCC.I. The summed E-state index contributed by atoms with van der Waals surface area (Å²) in [4.78, 5) is 4.64. The Balaban J connectivity index is 0.00000576. The lowest BCUT2D eigenvalue weighted by Crippen LogP contribution is -2.38. The summed E-state index contributed by atoms with van der Waals surface area (Å²) < 4.78 is 10.6. The lowest BCUT2D eigenvalue weighted by atomic mass is 10.1. The average Bonchev–Trinajstić information content (AvgIpc) is 2.61. The van der Waals surface area contributed by atoms with Crippen molar-refractivity contribution >= 4 is 29.9 Å². The third kappa shape index (κ3) is 12.0. The normalized spacial score (nSPS) is 10.9. The minimum absolute atomic E-state index is 0. The molecule has 0 atom stereocenters. The maximum absolute atomic E-state index is 5.34. The van der Waals surface area contributed by atoms with Crippen molar-refractivity contribution in [2.24, 2.45) is 4.99 Å². The molecule has 6 heteroatoms. The van der Waals surface area contributed by atoms with Gasteiger partial charge in [0, 0.05) is 32.8 Å². The van der Waals surface area contributed by atoms with Crippen molar-refractivity contribution in [1.82, 2.24) is 10.6 Å². The molecule has 0 aliphatic rings. The van der Waals surface area contributed by atoms with Crippen LogP contribution in [0.3, 0.4) is 0 Å². The fourth-order valence-electron chi connectivity index (χ4n) is 2.32. The van der Waals surface area contributed by atoms with Gasteiger partial charge in [0.25, 0.3) is 0 Å². The van der Waals surface area contributed by atoms with Gasteiger partial charge in [0.05, 0.1) is 7.11 Å². The third-order valence-corrected chi connectivity index (χ3v) is 3.58. The van der Waals surface area contributed by atoms with Crippen molar-refractivity contribution in [1.29, 1.82) is 0 Å². The summed E-state index contributed by atoms with van der Waals surface area (Å²) in [7, 11) is 1.70. The molecule has 1 aromatic carbocycles. The van der Waals surface area contributed by atoms with Crippen molar-refractivity contribution < 1.29 is 9.47 Å². The van der Waals surface area contributed by atoms with Crippen LogP contribution in [0, 0.1) is 0 Å². The van der Waals surface area contributed by atoms with Crippen LogP contribution in [-0.4, -0.2) is 45.9 Å². The van der Waals surface area contributed by atoms with Gasteiger partial charge in [0.2, 0.25) is 0 Å². The molecule has 0 heterocycles. The molecule has 0 radical (unpaired) electrons. The van der Waals surface area contributed by atoms with Gasteiger partial charge in [-0.3, -0.25) is 4.99 Å². The van der Waals surface area contributed by atoms with Crippen LogP contribution >= 0.6 is 24.0 Å². The fourth-order valence-corrected chi connectivity index (χ4v) is 2.32. The van der Waals surface area contributed by atoms with E-state index in [1.165, 1.54) is 5.56 Å². The first-order chi connectivity index (χ1) is 11.8. The van der Waals surface area contributed by atoms with Crippen molar-refractivity contribution in [3.05, 3.63) is 29.8 Å². The van der Waals surface area contributed by atoms with Crippen LogP contribution in [0.4, 0.5) is 0 Å². The Hall–Kier alpha value is -1.02. The molecule has 0 unspecified atom stereocenters. The molecule has 0 aromatic heterocycles. The zero-order valence-electron chi connectivity index (χ0n) is 15.8. The number of halogens is 1. The van der Waals surface area contributed by atoms with Gasteiger partial charge in [-0.15, -0.1) is 24.0 Å². The van der Waals surface area contributed by atoms with Gasteiger partial charge < -0.3 is 20.1 Å². The third-order valence-electron chi connectivity index (χ3n) is 3.58. The number of guanidine groups is 1. The first-order valence-corrected chi connectivity index (χ1v) is 9.03. The van der Waals surface area contributed by atoms with Gasteiger partial charge in [-0.1, -0.05) is 12.1 Å². The predicted molar refractivity (Wildman–Crippen MR) is 116 cm³/mol. The molecule has 0 aliphatic carbocycles. The van der Waals surface area contributed by atoms with Crippen LogP contribution in [0.2, 0.25) is 0 Å². The average molecular weight is 463 g/mol. The number of nitrogens with zero attached hydrogens (tertiary/aromatic N) is 1. The van der Waals surface area contributed by atoms with Gasteiger partial charge in [0.15, 0.2) is 5.96 Å². The summed E-state index contributed by atoms with van der Waals surface area (Å²) in [6.07, 6.45) is 4.20. The van der Waals surface area contributed by atoms with Gasteiger partial charge in [-0.25, -0.2) is 0 Å². The molecule has 0 bridgehead atoms. The summed E-state index contributed by atoms with van der Waals surface area (Å²) in [5, 5.41) is 6.67. The topological polar surface area (TPSA) is 54.9 Å². The highest BCUT2D eigenvalue weighted by Gasteiger charge is 1.98. The maximum Gasteiger partial charge on any atom is 0.191 e. The summed E-state index contributed by atoms with van der Waals surface area (Å²) in [5.74, 6) is 1.82. The van der Waals surface area contributed by atoms with Crippen LogP contribution in [0.25, 0.3) is 0 Å². The molecule has 0 saturated heterocycles. The molecule has 25 heavy (non-hydrogen) atoms. The molecule has 144 valence electrons. The molecule has 0 spiro atoms. The molecule has 5 nitrogen and oxygen atoms in total.